The van der Waals surface area contributed by atoms with E-state index in [2.05, 4.69) is 222 Å². The van der Waals surface area contributed by atoms with E-state index in [1.165, 1.54) is 152 Å². The van der Waals surface area contributed by atoms with Crippen LogP contribution in [0.2, 0.25) is 0 Å². The Labute approximate surface area is 435 Å². The molecule has 1 aromatic heterocycles. The molecular weight excluding hydrogens is 888 g/mol. The summed E-state index contributed by atoms with van der Waals surface area (Å²) in [7, 11) is 0.834. The Bertz CT molecular complexity index is 3570. The van der Waals surface area contributed by atoms with E-state index in [1.807, 2.05) is 11.3 Å². The van der Waals surface area contributed by atoms with Gasteiger partial charge in [-0.3, -0.25) is 0 Å². The molecule has 366 valence electrons. The van der Waals surface area contributed by atoms with Crippen molar-refractivity contribution in [1.82, 2.24) is 0 Å². The average Bonchev–Trinajstić information content (AvgIpc) is 3.72. The first-order chi connectivity index (χ1) is 33.9. The van der Waals surface area contributed by atoms with Gasteiger partial charge in [-0.05, 0) is 206 Å². The van der Waals surface area contributed by atoms with E-state index >= 15 is 0 Å². The van der Waals surface area contributed by atoms with Crippen LogP contribution in [0.4, 0.5) is 28.4 Å². The Morgan fingerprint density at radius 2 is 1.03 bits per heavy atom. The van der Waals surface area contributed by atoms with E-state index in [1.54, 1.807) is 0 Å². The topological polar surface area (TPSA) is 15.3 Å². The quantitative estimate of drug-likeness (QED) is 0.173. The van der Waals surface area contributed by atoms with Crippen LogP contribution in [0.5, 0.6) is 0 Å². The lowest BCUT2D eigenvalue weighted by atomic mass is 9.57. The molecule has 0 saturated heterocycles. The van der Waals surface area contributed by atoms with Crippen molar-refractivity contribution in [2.45, 2.75) is 168 Å². The molecule has 7 aromatic carbocycles. The van der Waals surface area contributed by atoms with E-state index in [-0.39, 0.29) is 32.5 Å². The van der Waals surface area contributed by atoms with Crippen molar-refractivity contribution in [2.24, 2.45) is 0 Å². The molecule has 2 heterocycles. The van der Waals surface area contributed by atoms with E-state index in [9.17, 15) is 0 Å². The zero-order chi connectivity index (χ0) is 50.7. The Hall–Kier alpha value is -5.58. The molecule has 72 heavy (non-hydrogen) atoms. The minimum atomic E-state index is 0.0261. The van der Waals surface area contributed by atoms with E-state index in [4.69, 9.17) is 0 Å². The number of nitrogens with zero attached hydrogens (tertiary/aromatic N) is 1. The van der Waals surface area contributed by atoms with Gasteiger partial charge in [0.2, 0.25) is 0 Å². The van der Waals surface area contributed by atoms with Gasteiger partial charge in [-0.2, -0.15) is 0 Å². The summed E-state index contributed by atoms with van der Waals surface area (Å²) < 4.78 is 2.69. The fraction of sp³-hybridized carbons (Fsp3) is 0.382. The molecule has 1 aliphatic heterocycles. The maximum Gasteiger partial charge on any atom is 0.198 e. The molecule has 4 aliphatic rings. The van der Waals surface area contributed by atoms with Gasteiger partial charge in [0.05, 0.1) is 0 Å². The summed E-state index contributed by atoms with van der Waals surface area (Å²) in [5.74, 6) is 0. The SMILES string of the molecule is Cc1ccccc1-c1cc(-c2cc3c(cc2Nc2ccc4c(c2)C(C)(C)CCC4(C)C)C(C)(C)CCC3(C)C)c2c(c1)N(c1cc3c(cc1C)C(C)(C)CCC3(C)C)c1c(ccc3sc4ccccc4c13)B2. The van der Waals surface area contributed by atoms with Crippen molar-refractivity contribution in [3.8, 4) is 22.3 Å². The van der Waals surface area contributed by atoms with Gasteiger partial charge < -0.3 is 10.2 Å². The van der Waals surface area contributed by atoms with Crippen LogP contribution in [-0.4, -0.2) is 7.28 Å². The van der Waals surface area contributed by atoms with Crippen LogP contribution >= 0.6 is 11.3 Å². The number of fused-ring (bicyclic) bond motifs is 9. The highest BCUT2D eigenvalue weighted by atomic mass is 32.1. The first-order valence-corrected chi connectivity index (χ1v) is 28.0. The molecule has 0 unspecified atom stereocenters. The second-order valence-corrected chi connectivity index (χ2v) is 27.8. The van der Waals surface area contributed by atoms with Gasteiger partial charge in [0.1, 0.15) is 0 Å². The predicted molar refractivity (Wildman–Crippen MR) is 316 cm³/mol. The largest absolute Gasteiger partial charge is 0.355 e. The van der Waals surface area contributed by atoms with Gasteiger partial charge in [-0.15, -0.1) is 11.3 Å². The molecular formula is C68H75BN2S. The highest BCUT2D eigenvalue weighted by Gasteiger charge is 2.42. The lowest BCUT2D eigenvalue weighted by Crippen LogP contribution is -2.42. The standard InChI is InChI=1S/C68H75BN2S/c1-40-19-15-16-20-44(40)42-34-47(46-37-51-52(67(11,12)31-30-66(51,9)10)38-55(46)70-43-23-24-48-50(36-43)65(7,8)28-27-63(48,3)4)61-57(35-42)71(56-39-53-49(33-41(56)2)64(5,6)29-32-68(53,13)14)62-54(69-61)25-26-59-60(62)45-21-17-18-22-58(45)72-59/h15-26,33-39,69-70H,27-32H2,1-14H3. The van der Waals surface area contributed by atoms with Crippen LogP contribution in [0.25, 0.3) is 42.4 Å². The normalized spacial score (nSPS) is 19.4. The molecule has 0 radical (unpaired) electrons. The van der Waals surface area contributed by atoms with Crippen LogP contribution < -0.4 is 21.1 Å². The van der Waals surface area contributed by atoms with Gasteiger partial charge in [0.25, 0.3) is 0 Å². The number of rotatable bonds is 5. The van der Waals surface area contributed by atoms with Crippen molar-refractivity contribution >= 4 is 78.2 Å². The van der Waals surface area contributed by atoms with E-state index in [0.29, 0.717) is 0 Å². The lowest BCUT2D eigenvalue weighted by molar-refractivity contribution is 0.332. The second kappa shape index (κ2) is 16.0. The number of thiophene rings is 1. The number of benzene rings is 7. The highest BCUT2D eigenvalue weighted by molar-refractivity contribution is 7.26. The number of aryl methyl sites for hydroxylation is 2. The number of anilines is 5. The first kappa shape index (κ1) is 47.4. The molecule has 12 rings (SSSR count). The smallest absolute Gasteiger partial charge is 0.198 e. The zero-order valence-electron chi connectivity index (χ0n) is 45.8. The van der Waals surface area contributed by atoms with Crippen molar-refractivity contribution in [2.75, 3.05) is 10.2 Å². The monoisotopic (exact) mass is 963 g/mol. The molecule has 0 spiro atoms. The van der Waals surface area contributed by atoms with Crippen molar-refractivity contribution in [1.29, 1.82) is 0 Å². The number of hydrogen-bond donors (Lipinski definition) is 1. The summed E-state index contributed by atoms with van der Waals surface area (Å²) >= 11 is 1.93. The van der Waals surface area contributed by atoms with Crippen molar-refractivity contribution < 1.29 is 0 Å². The third-order valence-corrected chi connectivity index (χ3v) is 20.1. The van der Waals surface area contributed by atoms with Gasteiger partial charge in [0.15, 0.2) is 7.28 Å². The fourth-order valence-corrected chi connectivity index (χ4v) is 15.0. The summed E-state index contributed by atoms with van der Waals surface area (Å²) in [4.78, 5) is 2.75. The second-order valence-electron chi connectivity index (χ2n) is 26.7. The van der Waals surface area contributed by atoms with Crippen molar-refractivity contribution in [3.63, 3.8) is 0 Å². The van der Waals surface area contributed by atoms with E-state index < -0.39 is 0 Å². The Morgan fingerprint density at radius 1 is 0.458 bits per heavy atom. The summed E-state index contributed by atoms with van der Waals surface area (Å²) in [6.07, 6.45) is 7.08. The van der Waals surface area contributed by atoms with Gasteiger partial charge >= 0.3 is 0 Å². The number of hydrogen-bond acceptors (Lipinski definition) is 3. The van der Waals surface area contributed by atoms with Crippen LogP contribution in [0.3, 0.4) is 0 Å². The minimum absolute atomic E-state index is 0.0261. The molecule has 2 nitrogen and oxygen atoms in total. The molecule has 0 fully saturated rings. The maximum absolute atomic E-state index is 4.23. The maximum atomic E-state index is 4.23. The minimum Gasteiger partial charge on any atom is -0.355 e. The molecule has 0 amide bonds. The molecule has 1 N–H and O–H groups in total. The molecule has 0 bridgehead atoms. The van der Waals surface area contributed by atoms with Gasteiger partial charge in [-0.1, -0.05) is 149 Å². The third kappa shape index (κ3) is 7.38. The molecule has 8 aromatic rings. The summed E-state index contributed by atoms with van der Waals surface area (Å²) in [5, 5.41) is 6.95. The Morgan fingerprint density at radius 3 is 1.69 bits per heavy atom. The lowest BCUT2D eigenvalue weighted by Gasteiger charge is -2.44. The predicted octanol–water partition coefficient (Wildman–Crippen LogP) is 18.0. The first-order valence-electron chi connectivity index (χ1n) is 27.2. The molecule has 3 aliphatic carbocycles. The number of nitrogens with one attached hydrogen (secondary N) is 1. The van der Waals surface area contributed by atoms with Crippen LogP contribution in [0.15, 0.2) is 115 Å². The van der Waals surface area contributed by atoms with Crippen molar-refractivity contribution in [3.05, 3.63) is 160 Å². The van der Waals surface area contributed by atoms with Crippen LogP contribution in [0, 0.1) is 13.8 Å². The third-order valence-electron chi connectivity index (χ3n) is 18.9. The molecule has 0 atom stereocenters. The highest BCUT2D eigenvalue weighted by Crippen LogP contribution is 2.55. The molecule has 0 saturated carbocycles. The van der Waals surface area contributed by atoms with E-state index in [0.717, 1.165) is 20.1 Å². The molecule has 4 heteroatoms. The summed E-state index contributed by atoms with van der Waals surface area (Å²) in [6.45, 7) is 34.3. The average molecular weight is 963 g/mol. The Kier molecular flexibility index (Phi) is 10.5. The fourth-order valence-electron chi connectivity index (χ4n) is 13.8. The summed E-state index contributed by atoms with van der Waals surface area (Å²) in [5.41, 5.74) is 26.3. The van der Waals surface area contributed by atoms with Gasteiger partial charge in [0, 0.05) is 54.2 Å². The summed E-state index contributed by atoms with van der Waals surface area (Å²) in [6, 6.07) is 45.9. The zero-order valence-corrected chi connectivity index (χ0v) is 46.6. The van der Waals surface area contributed by atoms with Crippen LogP contribution in [0.1, 0.15) is 166 Å². The van der Waals surface area contributed by atoms with Gasteiger partial charge in [-0.25, -0.2) is 0 Å². The van der Waals surface area contributed by atoms with Crippen LogP contribution in [-0.2, 0) is 32.5 Å². The Balaban J connectivity index is 1.19.